The van der Waals surface area contributed by atoms with Crippen LogP contribution in [0.25, 0.3) is 0 Å². The maximum atomic E-state index is 13.0. The average Bonchev–Trinajstić information content (AvgIpc) is 2.53. The minimum atomic E-state index is -4.84. The summed E-state index contributed by atoms with van der Waals surface area (Å²) < 4.78 is 94.4. The van der Waals surface area contributed by atoms with Crippen molar-refractivity contribution in [2.24, 2.45) is 5.73 Å². The van der Waals surface area contributed by atoms with Gasteiger partial charge in [0.2, 0.25) is 0 Å². The topological polar surface area (TPSA) is 44.5 Å². The Hall–Kier alpha value is -2.20. The van der Waals surface area contributed by atoms with Crippen LogP contribution in [-0.2, 0) is 0 Å². The van der Waals surface area contributed by atoms with Crippen LogP contribution in [0.15, 0.2) is 48.5 Å². The fourth-order valence-electron chi connectivity index (χ4n) is 2.04. The van der Waals surface area contributed by atoms with Gasteiger partial charge in [-0.3, -0.25) is 0 Å². The van der Waals surface area contributed by atoms with E-state index < -0.39 is 36.4 Å². The number of alkyl halides is 7. The molecule has 11 heteroatoms. The smallest absolute Gasteiger partial charge is 0.428 e. The lowest BCUT2D eigenvalue weighted by Crippen LogP contribution is -2.33. The highest BCUT2D eigenvalue weighted by molar-refractivity contribution is 5.85. The van der Waals surface area contributed by atoms with Crippen LogP contribution in [0.4, 0.5) is 30.7 Å². The molecule has 0 radical (unpaired) electrons. The van der Waals surface area contributed by atoms with Crippen LogP contribution in [-0.4, -0.2) is 18.9 Å². The summed E-state index contributed by atoms with van der Waals surface area (Å²) in [6.45, 7) is 0. The van der Waals surface area contributed by atoms with E-state index in [4.69, 9.17) is 5.73 Å². The van der Waals surface area contributed by atoms with Crippen molar-refractivity contribution >= 4 is 12.4 Å². The zero-order valence-corrected chi connectivity index (χ0v) is 14.0. The minimum Gasteiger partial charge on any atom is -0.428 e. The third-order valence-electron chi connectivity index (χ3n) is 3.20. The highest BCUT2D eigenvalue weighted by Crippen LogP contribution is 2.31. The first-order valence-corrected chi connectivity index (χ1v) is 7.04. The van der Waals surface area contributed by atoms with Gasteiger partial charge in [-0.05, 0) is 35.4 Å². The lowest BCUT2D eigenvalue weighted by molar-refractivity contribution is -0.274. The fourth-order valence-corrected chi connectivity index (χ4v) is 2.04. The van der Waals surface area contributed by atoms with Gasteiger partial charge in [0, 0.05) is 0 Å². The molecule has 2 N–H and O–H groups in total. The first-order chi connectivity index (χ1) is 12.0. The normalized spacial score (nSPS) is 13.1. The second-order valence-corrected chi connectivity index (χ2v) is 5.13. The SMILES string of the molecule is Cl.N[C@H](c1ccc(OC(F)(F)F)cc1)c1cccc(OC(F)(F)C(F)F)c1. The maximum Gasteiger partial charge on any atom is 0.573 e. The van der Waals surface area contributed by atoms with Crippen LogP contribution in [0.2, 0.25) is 0 Å². The molecule has 2 aromatic carbocycles. The molecule has 0 spiro atoms. The second-order valence-electron chi connectivity index (χ2n) is 5.13. The molecule has 2 rings (SSSR count). The van der Waals surface area contributed by atoms with Crippen LogP contribution in [0.5, 0.6) is 11.5 Å². The van der Waals surface area contributed by atoms with E-state index in [9.17, 15) is 30.7 Å². The zero-order chi connectivity index (χ0) is 19.5. The molecule has 0 aliphatic heterocycles. The molecule has 1 atom stereocenters. The third kappa shape index (κ3) is 6.47. The van der Waals surface area contributed by atoms with Crippen molar-refractivity contribution in [1.29, 1.82) is 0 Å². The molecule has 27 heavy (non-hydrogen) atoms. The van der Waals surface area contributed by atoms with Crippen LogP contribution >= 0.6 is 12.4 Å². The molecular formula is C16H13ClF7NO2. The van der Waals surface area contributed by atoms with Gasteiger partial charge >= 0.3 is 18.9 Å². The van der Waals surface area contributed by atoms with E-state index in [1.54, 1.807) is 0 Å². The molecule has 0 saturated heterocycles. The van der Waals surface area contributed by atoms with E-state index in [0.29, 0.717) is 5.56 Å². The number of hydrogen-bond acceptors (Lipinski definition) is 3. The van der Waals surface area contributed by atoms with Crippen molar-refractivity contribution < 1.29 is 40.2 Å². The molecule has 0 bridgehead atoms. The van der Waals surface area contributed by atoms with Gasteiger partial charge in [0.05, 0.1) is 6.04 Å². The van der Waals surface area contributed by atoms with Gasteiger partial charge in [-0.2, -0.15) is 17.6 Å². The first kappa shape index (κ1) is 22.8. The van der Waals surface area contributed by atoms with Crippen LogP contribution in [0, 0.1) is 0 Å². The van der Waals surface area contributed by atoms with Crippen molar-refractivity contribution in [2.75, 3.05) is 0 Å². The molecular weight excluding hydrogens is 407 g/mol. The van der Waals surface area contributed by atoms with Crippen molar-refractivity contribution in [3.8, 4) is 11.5 Å². The first-order valence-electron chi connectivity index (χ1n) is 7.04. The fraction of sp³-hybridized carbons (Fsp3) is 0.250. The number of nitrogens with two attached hydrogens (primary N) is 1. The van der Waals surface area contributed by atoms with Gasteiger partial charge in [-0.15, -0.1) is 25.6 Å². The van der Waals surface area contributed by atoms with Gasteiger partial charge in [-0.1, -0.05) is 24.3 Å². The molecule has 0 aliphatic rings. The van der Waals surface area contributed by atoms with E-state index in [1.165, 1.54) is 24.3 Å². The molecule has 0 amide bonds. The summed E-state index contributed by atoms with van der Waals surface area (Å²) in [5, 5.41) is 0. The van der Waals surface area contributed by atoms with Crippen LogP contribution in [0.1, 0.15) is 17.2 Å². The van der Waals surface area contributed by atoms with Gasteiger partial charge < -0.3 is 15.2 Å². The quantitative estimate of drug-likeness (QED) is 0.647. The second kappa shape index (κ2) is 8.66. The Morgan fingerprint density at radius 1 is 0.778 bits per heavy atom. The van der Waals surface area contributed by atoms with E-state index in [2.05, 4.69) is 9.47 Å². The predicted molar refractivity (Wildman–Crippen MR) is 84.4 cm³/mol. The Labute approximate surface area is 155 Å². The molecule has 0 aromatic heterocycles. The summed E-state index contributed by atoms with van der Waals surface area (Å²) in [6.07, 6.45) is -13.5. The number of halogens is 8. The number of ether oxygens (including phenoxy) is 2. The van der Waals surface area contributed by atoms with Crippen molar-refractivity contribution in [3.63, 3.8) is 0 Å². The standard InChI is InChI=1S/C16H12F7NO2.ClH/c17-14(18)15(19,20)25-12-3-1-2-10(8-12)13(24)9-4-6-11(7-5-9)26-16(21,22)23;/h1-8,13-14H,24H2;1H/t13-;/m1./s1. The summed E-state index contributed by atoms with van der Waals surface area (Å²) in [6, 6.07) is 8.46. The Kier molecular flexibility index (Phi) is 7.32. The van der Waals surface area contributed by atoms with Crippen LogP contribution in [0.3, 0.4) is 0 Å². The van der Waals surface area contributed by atoms with Gasteiger partial charge in [0.1, 0.15) is 11.5 Å². The minimum absolute atomic E-state index is 0. The summed E-state index contributed by atoms with van der Waals surface area (Å²) in [5.41, 5.74) is 6.51. The number of rotatable bonds is 6. The average molecular weight is 420 g/mol. The predicted octanol–water partition coefficient (Wildman–Crippen LogP) is 5.29. The van der Waals surface area contributed by atoms with Gasteiger partial charge in [0.15, 0.2) is 0 Å². The summed E-state index contributed by atoms with van der Waals surface area (Å²) in [4.78, 5) is 0. The number of benzene rings is 2. The van der Waals surface area contributed by atoms with Crippen molar-refractivity contribution in [1.82, 2.24) is 0 Å². The lowest BCUT2D eigenvalue weighted by atomic mass is 9.99. The number of hydrogen-bond donors (Lipinski definition) is 1. The molecule has 0 unspecified atom stereocenters. The zero-order valence-electron chi connectivity index (χ0n) is 13.2. The van der Waals surface area contributed by atoms with E-state index >= 15 is 0 Å². The highest BCUT2D eigenvalue weighted by atomic mass is 35.5. The largest absolute Gasteiger partial charge is 0.573 e. The van der Waals surface area contributed by atoms with Crippen molar-refractivity contribution in [3.05, 3.63) is 59.7 Å². The molecule has 2 aromatic rings. The monoisotopic (exact) mass is 419 g/mol. The van der Waals surface area contributed by atoms with Crippen molar-refractivity contribution in [2.45, 2.75) is 24.9 Å². The summed E-state index contributed by atoms with van der Waals surface area (Å²) in [5.74, 6) is -0.984. The Bertz CT molecular complexity index is 738. The molecule has 3 nitrogen and oxygen atoms in total. The third-order valence-corrected chi connectivity index (χ3v) is 3.20. The van der Waals surface area contributed by atoms with E-state index in [0.717, 1.165) is 24.3 Å². The Morgan fingerprint density at radius 3 is 1.89 bits per heavy atom. The van der Waals surface area contributed by atoms with Crippen LogP contribution < -0.4 is 15.2 Å². The highest BCUT2D eigenvalue weighted by Gasteiger charge is 2.44. The molecule has 0 aliphatic carbocycles. The molecule has 0 saturated carbocycles. The summed E-state index contributed by atoms with van der Waals surface area (Å²) in [7, 11) is 0. The molecule has 150 valence electrons. The van der Waals surface area contributed by atoms with Gasteiger partial charge in [-0.25, -0.2) is 0 Å². The molecule has 0 heterocycles. The maximum absolute atomic E-state index is 13.0. The van der Waals surface area contributed by atoms with Gasteiger partial charge in [0.25, 0.3) is 0 Å². The molecule has 0 fully saturated rings. The Morgan fingerprint density at radius 2 is 1.37 bits per heavy atom. The lowest BCUT2D eigenvalue weighted by Gasteiger charge is -2.19. The van der Waals surface area contributed by atoms with E-state index in [-0.39, 0.29) is 18.0 Å². The van der Waals surface area contributed by atoms with E-state index in [1.807, 2.05) is 0 Å². The Balaban J connectivity index is 0.00000364. The summed E-state index contributed by atoms with van der Waals surface area (Å²) >= 11 is 0.